The zero-order valence-electron chi connectivity index (χ0n) is 20.4. The maximum atomic E-state index is 12.5. The Bertz CT molecular complexity index is 1470. The topological polar surface area (TPSA) is 121 Å². The Hall–Kier alpha value is -4.37. The van der Waals surface area contributed by atoms with E-state index in [4.69, 9.17) is 10.7 Å². The van der Waals surface area contributed by atoms with Crippen LogP contribution in [0.25, 0.3) is 28.1 Å². The fourth-order valence-corrected chi connectivity index (χ4v) is 4.99. The van der Waals surface area contributed by atoms with Gasteiger partial charge in [-0.2, -0.15) is 0 Å². The van der Waals surface area contributed by atoms with Crippen molar-refractivity contribution < 1.29 is 9.59 Å². The zero-order valence-corrected chi connectivity index (χ0v) is 20.4. The van der Waals surface area contributed by atoms with Crippen molar-refractivity contribution in [3.8, 4) is 11.5 Å². The lowest BCUT2D eigenvalue weighted by Crippen LogP contribution is -2.32. The van der Waals surface area contributed by atoms with Gasteiger partial charge in [-0.3, -0.25) is 19.4 Å². The third-order valence-corrected chi connectivity index (χ3v) is 7.02. The lowest BCUT2D eigenvalue weighted by atomic mass is 10.0. The van der Waals surface area contributed by atoms with Crippen LogP contribution < -0.4 is 5.73 Å². The largest absolute Gasteiger partial charge is 0.382 e. The molecular formula is C28H27N7O2. The third kappa shape index (κ3) is 4.38. The lowest BCUT2D eigenvalue weighted by Gasteiger charge is -2.26. The Balaban J connectivity index is 1.05. The zero-order chi connectivity index (χ0) is 25.4. The highest BCUT2D eigenvalue weighted by molar-refractivity contribution is 6.21. The number of nitrogen functional groups attached to an aromatic ring is 1. The van der Waals surface area contributed by atoms with Gasteiger partial charge in [0.05, 0.1) is 34.1 Å². The van der Waals surface area contributed by atoms with Crippen LogP contribution in [0.4, 0.5) is 5.82 Å². The summed E-state index contributed by atoms with van der Waals surface area (Å²) in [5.41, 5.74) is 11.5. The molecule has 0 fully saturated rings. The number of unbranched alkanes of at least 4 members (excludes halogenated alkanes) is 1. The van der Waals surface area contributed by atoms with Crippen LogP contribution >= 0.6 is 0 Å². The summed E-state index contributed by atoms with van der Waals surface area (Å²) in [6.07, 6.45) is 6.47. The first kappa shape index (κ1) is 23.1. The highest BCUT2D eigenvalue weighted by Crippen LogP contribution is 2.27. The smallest absolute Gasteiger partial charge is 0.261 e. The maximum absolute atomic E-state index is 12.5. The number of fused-ring (bicyclic) bond motifs is 2. The average Bonchev–Trinajstić information content (AvgIpc) is 3.47. The molecule has 9 heteroatoms. The van der Waals surface area contributed by atoms with E-state index in [1.807, 2.05) is 24.3 Å². The highest BCUT2D eigenvalue weighted by atomic mass is 16.2. The molecule has 0 aliphatic carbocycles. The summed E-state index contributed by atoms with van der Waals surface area (Å²) in [5.74, 6) is 0.596. The van der Waals surface area contributed by atoms with Gasteiger partial charge in [0.2, 0.25) is 0 Å². The molecule has 0 saturated carbocycles. The first-order valence-electron chi connectivity index (χ1n) is 12.5. The molecule has 0 atom stereocenters. The standard InChI is InChI=1S/C28H27N7O2/c29-25-24(26-32-21-9-3-4-10-22(21)33-26)31-23(17-30-25)18-11-15-34(16-12-18)13-5-6-14-35-27(36)19-7-1-2-8-20(19)28(35)37/h1-4,7-11,17H,5-6,12-16H2,(H2,29,30)(H,32,33). The van der Waals surface area contributed by atoms with Gasteiger partial charge < -0.3 is 10.7 Å². The maximum Gasteiger partial charge on any atom is 0.261 e. The van der Waals surface area contributed by atoms with Crippen LogP contribution in [0.3, 0.4) is 0 Å². The molecule has 0 spiro atoms. The number of imidazole rings is 1. The number of hydrogen-bond acceptors (Lipinski definition) is 7. The molecule has 186 valence electrons. The van der Waals surface area contributed by atoms with Gasteiger partial charge in [0.1, 0.15) is 5.69 Å². The summed E-state index contributed by atoms with van der Waals surface area (Å²) in [5, 5.41) is 0. The third-order valence-electron chi connectivity index (χ3n) is 7.02. The van der Waals surface area contributed by atoms with E-state index < -0.39 is 0 Å². The van der Waals surface area contributed by atoms with Crippen molar-refractivity contribution in [3.05, 3.63) is 77.6 Å². The quantitative estimate of drug-likeness (QED) is 0.297. The van der Waals surface area contributed by atoms with Gasteiger partial charge in [0.25, 0.3) is 11.8 Å². The van der Waals surface area contributed by atoms with Gasteiger partial charge in [-0.25, -0.2) is 15.0 Å². The molecule has 2 aromatic carbocycles. The van der Waals surface area contributed by atoms with Gasteiger partial charge in [0.15, 0.2) is 11.6 Å². The number of imide groups is 1. The Kier molecular flexibility index (Phi) is 5.97. The monoisotopic (exact) mass is 493 g/mol. The summed E-state index contributed by atoms with van der Waals surface area (Å²) in [7, 11) is 0. The number of hydrogen-bond donors (Lipinski definition) is 2. The number of carbonyl (C=O) groups is 2. The molecule has 2 amide bonds. The van der Waals surface area contributed by atoms with E-state index in [0.717, 1.165) is 61.2 Å². The number of rotatable bonds is 7. The molecule has 3 N–H and O–H groups in total. The minimum absolute atomic E-state index is 0.183. The van der Waals surface area contributed by atoms with Crippen LogP contribution in [0.15, 0.2) is 60.8 Å². The van der Waals surface area contributed by atoms with E-state index >= 15 is 0 Å². The average molecular weight is 494 g/mol. The first-order valence-corrected chi connectivity index (χ1v) is 12.5. The minimum atomic E-state index is -0.183. The van der Waals surface area contributed by atoms with Crippen molar-refractivity contribution in [2.75, 3.05) is 31.9 Å². The second kappa shape index (κ2) is 9.59. The van der Waals surface area contributed by atoms with Crippen molar-refractivity contribution in [2.45, 2.75) is 19.3 Å². The number of aromatic nitrogens is 4. The van der Waals surface area contributed by atoms with Gasteiger partial charge >= 0.3 is 0 Å². The fourth-order valence-electron chi connectivity index (χ4n) is 4.99. The van der Waals surface area contributed by atoms with Crippen molar-refractivity contribution in [3.63, 3.8) is 0 Å². The van der Waals surface area contributed by atoms with E-state index in [0.29, 0.717) is 35.0 Å². The van der Waals surface area contributed by atoms with E-state index in [1.54, 1.807) is 30.5 Å². The van der Waals surface area contributed by atoms with E-state index in [-0.39, 0.29) is 11.8 Å². The summed E-state index contributed by atoms with van der Waals surface area (Å²) in [6, 6.07) is 14.8. The predicted octanol–water partition coefficient (Wildman–Crippen LogP) is 3.77. The van der Waals surface area contributed by atoms with Crippen molar-refractivity contribution >= 4 is 34.2 Å². The first-order chi connectivity index (χ1) is 18.1. The highest BCUT2D eigenvalue weighted by Gasteiger charge is 2.34. The molecule has 4 heterocycles. The molecule has 9 nitrogen and oxygen atoms in total. The van der Waals surface area contributed by atoms with Crippen LogP contribution in [0.2, 0.25) is 0 Å². The van der Waals surface area contributed by atoms with E-state index in [9.17, 15) is 9.59 Å². The number of aromatic amines is 1. The molecule has 0 bridgehead atoms. The number of H-pyrrole nitrogens is 1. The van der Waals surface area contributed by atoms with Crippen molar-refractivity contribution in [2.24, 2.45) is 0 Å². The second-order valence-corrected chi connectivity index (χ2v) is 9.39. The van der Waals surface area contributed by atoms with Gasteiger partial charge in [-0.15, -0.1) is 0 Å². The summed E-state index contributed by atoms with van der Waals surface area (Å²) in [4.78, 5) is 45.9. The van der Waals surface area contributed by atoms with Crippen LogP contribution in [0, 0.1) is 0 Å². The number of benzene rings is 2. The van der Waals surface area contributed by atoms with Gasteiger partial charge in [-0.1, -0.05) is 30.3 Å². The van der Waals surface area contributed by atoms with Crippen LogP contribution in [0.1, 0.15) is 45.7 Å². The molecule has 0 unspecified atom stereocenters. The SMILES string of the molecule is Nc1ncc(C2=CCN(CCCCN3C(=O)c4ccccc4C3=O)CC2)nc1-c1nc2ccccc2[nH]1. The van der Waals surface area contributed by atoms with E-state index in [2.05, 4.69) is 25.9 Å². The predicted molar refractivity (Wildman–Crippen MR) is 142 cm³/mol. The molecule has 0 saturated heterocycles. The molecule has 2 aliphatic rings. The Labute approximate surface area is 214 Å². The number of anilines is 1. The number of carbonyl (C=O) groups excluding carboxylic acids is 2. The molecule has 0 radical (unpaired) electrons. The number of nitrogens with one attached hydrogen (secondary N) is 1. The number of nitrogens with zero attached hydrogens (tertiary/aromatic N) is 5. The summed E-state index contributed by atoms with van der Waals surface area (Å²) < 4.78 is 0. The second-order valence-electron chi connectivity index (χ2n) is 9.39. The van der Waals surface area contributed by atoms with Crippen LogP contribution in [0.5, 0.6) is 0 Å². The van der Waals surface area contributed by atoms with Crippen LogP contribution in [-0.4, -0.2) is 67.7 Å². The molecule has 2 aromatic heterocycles. The number of para-hydroxylation sites is 2. The van der Waals surface area contributed by atoms with Gasteiger partial charge in [0, 0.05) is 19.6 Å². The van der Waals surface area contributed by atoms with Gasteiger partial charge in [-0.05, 0) is 55.6 Å². The Morgan fingerprint density at radius 2 is 1.65 bits per heavy atom. The molecular weight excluding hydrogens is 466 g/mol. The Morgan fingerprint density at radius 3 is 2.38 bits per heavy atom. The lowest BCUT2D eigenvalue weighted by molar-refractivity contribution is 0.0650. The molecule has 37 heavy (non-hydrogen) atoms. The summed E-state index contributed by atoms with van der Waals surface area (Å²) in [6.45, 7) is 3.08. The Morgan fingerprint density at radius 1 is 0.919 bits per heavy atom. The molecule has 2 aliphatic heterocycles. The van der Waals surface area contributed by atoms with Crippen molar-refractivity contribution in [1.29, 1.82) is 0 Å². The normalized spacial score (nSPS) is 15.9. The van der Waals surface area contributed by atoms with Crippen molar-refractivity contribution in [1.82, 2.24) is 29.7 Å². The fraction of sp³-hybridized carbons (Fsp3) is 0.250. The number of nitrogens with two attached hydrogens (primary N) is 1. The molecule has 6 rings (SSSR count). The van der Waals surface area contributed by atoms with Crippen LogP contribution in [-0.2, 0) is 0 Å². The minimum Gasteiger partial charge on any atom is -0.382 e. The van der Waals surface area contributed by atoms with E-state index in [1.165, 1.54) is 4.90 Å². The summed E-state index contributed by atoms with van der Waals surface area (Å²) >= 11 is 0. The number of amides is 2. The molecule has 4 aromatic rings.